The number of amides is 1. The second kappa shape index (κ2) is 17.9. The fourth-order valence-electron chi connectivity index (χ4n) is 2.50. The van der Waals surface area contributed by atoms with Gasteiger partial charge in [0.1, 0.15) is 24.8 Å². The molecule has 0 aliphatic rings. The molecule has 0 radical (unpaired) electrons. The number of imidazole rings is 1. The first kappa shape index (κ1) is 30.4. The van der Waals surface area contributed by atoms with Crippen LogP contribution in [-0.2, 0) is 14.3 Å². The number of ketones is 1. The van der Waals surface area contributed by atoms with Crippen LogP contribution in [0, 0.1) is 12.8 Å². The predicted octanol–water partition coefficient (Wildman–Crippen LogP) is 4.46. The lowest BCUT2D eigenvalue weighted by molar-refractivity contribution is -0.134. The minimum atomic E-state index is -0.833. The highest BCUT2D eigenvalue weighted by Gasteiger charge is 2.13. The molecule has 9 heteroatoms. The van der Waals surface area contributed by atoms with E-state index < -0.39 is 12.1 Å². The zero-order chi connectivity index (χ0) is 26.6. The summed E-state index contributed by atoms with van der Waals surface area (Å²) in [4.78, 5) is 39.7. The molecule has 1 heterocycles. The summed E-state index contributed by atoms with van der Waals surface area (Å²) in [5.41, 5.74) is 0.754. The molecule has 0 spiro atoms. The Morgan fingerprint density at radius 2 is 1.77 bits per heavy atom. The maximum atomic E-state index is 12.0. The molecule has 1 aromatic heterocycles. The van der Waals surface area contributed by atoms with Gasteiger partial charge < -0.3 is 24.9 Å². The molecule has 0 bridgehead atoms. The molecule has 0 saturated heterocycles. The number of hydrogen-bond acceptors (Lipinski definition) is 6. The van der Waals surface area contributed by atoms with Crippen LogP contribution in [0.5, 0.6) is 5.75 Å². The number of hydrogen-bond donors (Lipinski definition) is 3. The third kappa shape index (κ3) is 11.7. The maximum Gasteiger partial charge on any atom is 0.407 e. The number of aliphatic carboxylic acids is 1. The number of carbonyl (C=O) groups excluding carboxylic acids is 2. The molecular formula is C26H31N3O6. The van der Waals surface area contributed by atoms with Gasteiger partial charge in [-0.2, -0.15) is 0 Å². The van der Waals surface area contributed by atoms with Gasteiger partial charge in [-0.05, 0) is 22.9 Å². The van der Waals surface area contributed by atoms with Gasteiger partial charge in [-0.25, -0.2) is 9.78 Å². The largest absolute Gasteiger partial charge is 0.485 e. The summed E-state index contributed by atoms with van der Waals surface area (Å²) < 4.78 is 10.5. The van der Waals surface area contributed by atoms with E-state index in [0.717, 1.165) is 23.3 Å². The number of carboxylic acids is 1. The van der Waals surface area contributed by atoms with E-state index in [1.807, 2.05) is 50.2 Å². The number of H-pyrrole nitrogens is 1. The van der Waals surface area contributed by atoms with Crippen LogP contribution in [0.4, 0.5) is 4.79 Å². The van der Waals surface area contributed by atoms with Crippen molar-refractivity contribution in [1.82, 2.24) is 15.3 Å². The van der Waals surface area contributed by atoms with Crippen LogP contribution >= 0.6 is 0 Å². The molecule has 0 aliphatic carbocycles. The van der Waals surface area contributed by atoms with Crippen molar-refractivity contribution in [2.45, 2.75) is 20.8 Å². The second-order valence-electron chi connectivity index (χ2n) is 6.22. The number of nitrogens with zero attached hydrogens (tertiary/aromatic N) is 1. The molecule has 9 nitrogen and oxygen atoms in total. The van der Waals surface area contributed by atoms with Gasteiger partial charge in [0.15, 0.2) is 5.78 Å². The first-order valence-electron chi connectivity index (χ1n) is 10.6. The summed E-state index contributed by atoms with van der Waals surface area (Å²) >= 11 is 0. The van der Waals surface area contributed by atoms with Crippen LogP contribution < -0.4 is 10.1 Å². The van der Waals surface area contributed by atoms with E-state index in [1.54, 1.807) is 12.4 Å². The average Bonchev–Trinajstić information content (AvgIpc) is 3.41. The van der Waals surface area contributed by atoms with E-state index in [-0.39, 0.29) is 25.5 Å². The Morgan fingerprint density at radius 3 is 2.31 bits per heavy atom. The number of rotatable bonds is 8. The highest BCUT2D eigenvalue weighted by molar-refractivity contribution is 5.90. The molecule has 186 valence electrons. The lowest BCUT2D eigenvalue weighted by atomic mass is 10.1. The van der Waals surface area contributed by atoms with Crippen LogP contribution in [0.3, 0.4) is 0 Å². The summed E-state index contributed by atoms with van der Waals surface area (Å²) in [5, 5.41) is 11.8. The van der Waals surface area contributed by atoms with Gasteiger partial charge in [0.05, 0.1) is 12.1 Å². The average molecular weight is 482 g/mol. The molecule has 0 atom stereocenters. The quantitative estimate of drug-likeness (QED) is 0.320. The van der Waals surface area contributed by atoms with Gasteiger partial charge in [0.2, 0.25) is 0 Å². The first-order valence-corrected chi connectivity index (χ1v) is 10.6. The van der Waals surface area contributed by atoms with E-state index in [0.29, 0.717) is 11.6 Å². The Bertz CT molecular complexity index is 1090. The maximum absolute atomic E-state index is 12.0. The highest BCUT2D eigenvalue weighted by atomic mass is 16.5. The van der Waals surface area contributed by atoms with Gasteiger partial charge in [0.25, 0.3) is 5.97 Å². The lowest BCUT2D eigenvalue weighted by Crippen LogP contribution is -2.32. The smallest absolute Gasteiger partial charge is 0.407 e. The van der Waals surface area contributed by atoms with Crippen LogP contribution in [0.25, 0.3) is 22.2 Å². The van der Waals surface area contributed by atoms with Gasteiger partial charge in [-0.15, -0.1) is 12.8 Å². The zero-order valence-corrected chi connectivity index (χ0v) is 20.1. The van der Waals surface area contributed by atoms with Gasteiger partial charge >= 0.3 is 6.09 Å². The van der Waals surface area contributed by atoms with Crippen molar-refractivity contribution in [2.75, 3.05) is 19.8 Å². The van der Waals surface area contributed by atoms with Crippen molar-refractivity contribution in [3.63, 3.8) is 0 Å². The zero-order valence-electron chi connectivity index (χ0n) is 20.1. The number of aromatic amines is 1. The number of terminal acetylenes is 1. The fraction of sp³-hybridized carbons (Fsp3) is 0.231. The van der Waals surface area contributed by atoms with Gasteiger partial charge in [0, 0.05) is 19.3 Å². The molecule has 1 amide bonds. The van der Waals surface area contributed by atoms with Gasteiger partial charge in [-0.1, -0.05) is 50.8 Å². The van der Waals surface area contributed by atoms with Crippen molar-refractivity contribution >= 4 is 28.6 Å². The molecule has 2 aromatic carbocycles. The summed E-state index contributed by atoms with van der Waals surface area (Å²) in [7, 11) is 0. The summed E-state index contributed by atoms with van der Waals surface area (Å²) in [6.07, 6.45) is 12.1. The Hall–Kier alpha value is -4.58. The van der Waals surface area contributed by atoms with E-state index in [2.05, 4.69) is 34.7 Å². The molecule has 3 rings (SSSR count). The molecule has 0 saturated carbocycles. The molecule has 35 heavy (non-hydrogen) atoms. The van der Waals surface area contributed by atoms with Crippen molar-refractivity contribution in [3.05, 3.63) is 61.4 Å². The monoisotopic (exact) mass is 481 g/mol. The Labute approximate surface area is 205 Å². The van der Waals surface area contributed by atoms with Crippen LogP contribution in [0.2, 0.25) is 0 Å². The number of benzene rings is 2. The van der Waals surface area contributed by atoms with E-state index in [1.165, 1.54) is 6.08 Å². The van der Waals surface area contributed by atoms with Gasteiger partial charge in [-0.3, -0.25) is 9.59 Å². The molecule has 0 aliphatic heterocycles. The third-order valence-electron chi connectivity index (χ3n) is 3.75. The number of Topliss-reactive ketones (excluding diaryl/α,β-unsaturated/α-hetero) is 1. The number of nitrogens with one attached hydrogen (secondary N) is 2. The summed E-state index contributed by atoms with van der Waals surface area (Å²) in [6, 6.07) is 11.7. The summed E-state index contributed by atoms with van der Waals surface area (Å²) in [5.74, 6) is 0.0599. The van der Waals surface area contributed by atoms with E-state index in [9.17, 15) is 9.59 Å². The molecule has 0 unspecified atom stereocenters. The first-order chi connectivity index (χ1) is 16.9. The second-order valence-corrected chi connectivity index (χ2v) is 6.22. The highest BCUT2D eigenvalue weighted by Crippen LogP contribution is 2.32. The standard InChI is InChI=1S/C20H19N3O4.C2H4O2.C2H6.C2H2/c1-2-9-26-20(25)23-12-16(24)13-27-18-11-15-6-4-3-5-14(15)10-17(18)19-21-7-8-22-19;1-2(3)4;2*1-2/h2-8,10-11H,1,9,12-13H2,(H,21,22)(H,23,25);1H3,(H,3,4);1-2H3;1-2H. The normalized spacial score (nSPS) is 8.94. The Kier molecular flexibility index (Phi) is 15.6. The van der Waals surface area contributed by atoms with Crippen molar-refractivity contribution in [3.8, 4) is 30.0 Å². The minimum absolute atomic E-state index is 0.0835. The Balaban J connectivity index is 0.00000129. The van der Waals surface area contributed by atoms with E-state index in [4.69, 9.17) is 19.4 Å². The fourth-order valence-corrected chi connectivity index (χ4v) is 2.50. The number of carbonyl (C=O) groups is 3. The predicted molar refractivity (Wildman–Crippen MR) is 136 cm³/mol. The van der Waals surface area contributed by atoms with Crippen molar-refractivity contribution in [2.24, 2.45) is 0 Å². The van der Waals surface area contributed by atoms with Crippen LogP contribution in [-0.4, -0.2) is 52.7 Å². The number of fused-ring (bicyclic) bond motifs is 1. The number of ether oxygens (including phenoxy) is 2. The SMILES string of the molecule is C#C.C=CCOC(=O)NCC(=O)COc1cc2ccccc2cc1-c1ncc[nH]1.CC.CC(=O)O. The van der Waals surface area contributed by atoms with E-state index >= 15 is 0 Å². The third-order valence-corrected chi connectivity index (χ3v) is 3.75. The molecular weight excluding hydrogens is 450 g/mol. The minimum Gasteiger partial charge on any atom is -0.485 e. The van der Waals surface area contributed by atoms with Crippen molar-refractivity contribution < 1.29 is 29.0 Å². The molecule has 3 N–H and O–H groups in total. The van der Waals surface area contributed by atoms with Crippen molar-refractivity contribution in [1.29, 1.82) is 0 Å². The topological polar surface area (TPSA) is 131 Å². The number of aromatic nitrogens is 2. The van der Waals surface area contributed by atoms with Crippen LogP contribution in [0.15, 0.2) is 61.4 Å². The molecule has 3 aromatic rings. The molecule has 0 fully saturated rings. The number of carboxylic acid groups (broad SMARTS) is 1. The Morgan fingerprint density at radius 1 is 1.17 bits per heavy atom. The lowest BCUT2D eigenvalue weighted by Gasteiger charge is -2.12. The summed E-state index contributed by atoms with van der Waals surface area (Å²) in [6.45, 7) is 8.24. The number of alkyl carbamates (subject to hydrolysis) is 1. The van der Waals surface area contributed by atoms with Crippen LogP contribution in [0.1, 0.15) is 20.8 Å².